The Balaban J connectivity index is 2.32. The maximum atomic E-state index is 10.8. The maximum Gasteiger partial charge on any atom is 0.131 e. The summed E-state index contributed by atoms with van der Waals surface area (Å²) < 4.78 is 0. The van der Waals surface area contributed by atoms with Crippen molar-refractivity contribution in [2.24, 2.45) is 11.7 Å². The van der Waals surface area contributed by atoms with Crippen LogP contribution in [0.4, 0.5) is 0 Å². The molecule has 0 amide bonds. The van der Waals surface area contributed by atoms with Crippen LogP contribution in [0.3, 0.4) is 0 Å². The van der Waals surface area contributed by atoms with Crippen LogP contribution in [0.2, 0.25) is 0 Å². The highest BCUT2D eigenvalue weighted by atomic mass is 16.1. The second-order valence-electron chi connectivity index (χ2n) is 3.88. The van der Waals surface area contributed by atoms with Gasteiger partial charge in [-0.2, -0.15) is 0 Å². The second kappa shape index (κ2) is 4.01. The molecule has 0 aromatic rings. The molecule has 0 aromatic carbocycles. The Kier molecular flexibility index (Phi) is 3.23. The van der Waals surface area contributed by atoms with E-state index in [2.05, 4.69) is 11.9 Å². The number of hydrogen-bond acceptors (Lipinski definition) is 3. The van der Waals surface area contributed by atoms with E-state index < -0.39 is 0 Å². The summed E-state index contributed by atoms with van der Waals surface area (Å²) in [5.41, 5.74) is 5.89. The first-order chi connectivity index (χ1) is 5.59. The van der Waals surface area contributed by atoms with Crippen LogP contribution in [-0.2, 0) is 4.79 Å². The SMILES string of the molecule is CC(=O)CC(N)C1CCN(C)C1. The second-order valence-corrected chi connectivity index (χ2v) is 3.88. The lowest BCUT2D eigenvalue weighted by atomic mass is 9.96. The molecule has 70 valence electrons. The van der Waals surface area contributed by atoms with E-state index in [0.29, 0.717) is 12.3 Å². The molecule has 0 aromatic heterocycles. The van der Waals surface area contributed by atoms with Gasteiger partial charge >= 0.3 is 0 Å². The summed E-state index contributed by atoms with van der Waals surface area (Å²) >= 11 is 0. The number of rotatable bonds is 3. The van der Waals surface area contributed by atoms with Crippen LogP contribution in [0, 0.1) is 5.92 Å². The third-order valence-electron chi connectivity index (χ3n) is 2.56. The van der Waals surface area contributed by atoms with E-state index in [1.54, 1.807) is 6.92 Å². The van der Waals surface area contributed by atoms with Gasteiger partial charge < -0.3 is 10.6 Å². The number of carbonyl (C=O) groups is 1. The highest BCUT2D eigenvalue weighted by molar-refractivity contribution is 5.76. The summed E-state index contributed by atoms with van der Waals surface area (Å²) in [6.45, 7) is 3.78. The van der Waals surface area contributed by atoms with E-state index in [0.717, 1.165) is 19.5 Å². The van der Waals surface area contributed by atoms with Gasteiger partial charge in [-0.1, -0.05) is 0 Å². The largest absolute Gasteiger partial charge is 0.327 e. The molecule has 1 aliphatic rings. The molecular formula is C9H18N2O. The minimum Gasteiger partial charge on any atom is -0.327 e. The van der Waals surface area contributed by atoms with E-state index >= 15 is 0 Å². The summed E-state index contributed by atoms with van der Waals surface area (Å²) in [4.78, 5) is 13.1. The highest BCUT2D eigenvalue weighted by Gasteiger charge is 2.25. The van der Waals surface area contributed by atoms with E-state index in [9.17, 15) is 4.79 Å². The van der Waals surface area contributed by atoms with Crippen molar-refractivity contribution in [1.29, 1.82) is 0 Å². The Labute approximate surface area is 73.9 Å². The van der Waals surface area contributed by atoms with Crippen LogP contribution in [0.5, 0.6) is 0 Å². The Morgan fingerprint density at radius 1 is 1.75 bits per heavy atom. The van der Waals surface area contributed by atoms with E-state index in [1.807, 2.05) is 0 Å². The minimum absolute atomic E-state index is 0.0763. The van der Waals surface area contributed by atoms with Crippen molar-refractivity contribution in [2.75, 3.05) is 20.1 Å². The van der Waals surface area contributed by atoms with Gasteiger partial charge in [0.25, 0.3) is 0 Å². The normalized spacial score (nSPS) is 27.4. The van der Waals surface area contributed by atoms with Crippen molar-refractivity contribution in [2.45, 2.75) is 25.8 Å². The summed E-state index contributed by atoms with van der Waals surface area (Å²) in [5, 5.41) is 0. The fourth-order valence-corrected chi connectivity index (χ4v) is 1.82. The molecule has 0 aliphatic carbocycles. The molecule has 0 bridgehead atoms. The predicted octanol–water partition coefficient (Wildman–Crippen LogP) is 0.244. The first-order valence-corrected chi connectivity index (χ1v) is 4.53. The van der Waals surface area contributed by atoms with Gasteiger partial charge in [0, 0.05) is 19.0 Å². The first-order valence-electron chi connectivity index (χ1n) is 4.53. The monoisotopic (exact) mass is 170 g/mol. The summed E-state index contributed by atoms with van der Waals surface area (Å²) in [6, 6.07) is 0.0763. The van der Waals surface area contributed by atoms with Gasteiger partial charge in [-0.3, -0.25) is 4.79 Å². The Morgan fingerprint density at radius 2 is 2.42 bits per heavy atom. The molecule has 1 rings (SSSR count). The number of carbonyl (C=O) groups excluding carboxylic acids is 1. The minimum atomic E-state index is 0.0763. The number of nitrogens with zero attached hydrogens (tertiary/aromatic N) is 1. The smallest absolute Gasteiger partial charge is 0.131 e. The Hall–Kier alpha value is -0.410. The van der Waals surface area contributed by atoms with Gasteiger partial charge in [-0.25, -0.2) is 0 Å². The number of nitrogens with two attached hydrogens (primary N) is 1. The molecule has 12 heavy (non-hydrogen) atoms. The van der Waals surface area contributed by atoms with Crippen LogP contribution in [-0.4, -0.2) is 36.9 Å². The fraction of sp³-hybridized carbons (Fsp3) is 0.889. The lowest BCUT2D eigenvalue weighted by molar-refractivity contribution is -0.117. The maximum absolute atomic E-state index is 10.8. The molecule has 2 N–H and O–H groups in total. The predicted molar refractivity (Wildman–Crippen MR) is 48.9 cm³/mol. The lowest BCUT2D eigenvalue weighted by Gasteiger charge is -2.17. The van der Waals surface area contributed by atoms with Crippen LogP contribution in [0.15, 0.2) is 0 Å². The topological polar surface area (TPSA) is 46.3 Å². The Morgan fingerprint density at radius 3 is 2.83 bits per heavy atom. The lowest BCUT2D eigenvalue weighted by Crippen LogP contribution is -2.33. The summed E-state index contributed by atoms with van der Waals surface area (Å²) in [5.74, 6) is 0.732. The van der Waals surface area contributed by atoms with Crippen LogP contribution in [0.1, 0.15) is 19.8 Å². The molecule has 1 aliphatic heterocycles. The van der Waals surface area contributed by atoms with Crippen LogP contribution >= 0.6 is 0 Å². The van der Waals surface area contributed by atoms with Crippen molar-refractivity contribution in [3.8, 4) is 0 Å². The van der Waals surface area contributed by atoms with E-state index in [-0.39, 0.29) is 11.8 Å². The molecular weight excluding hydrogens is 152 g/mol. The molecule has 0 spiro atoms. The van der Waals surface area contributed by atoms with Gasteiger partial charge in [0.05, 0.1) is 0 Å². The van der Waals surface area contributed by atoms with Crippen molar-refractivity contribution >= 4 is 5.78 Å². The third-order valence-corrected chi connectivity index (χ3v) is 2.56. The number of likely N-dealkylation sites (tertiary alicyclic amines) is 1. The molecule has 1 saturated heterocycles. The zero-order valence-electron chi connectivity index (χ0n) is 7.92. The fourth-order valence-electron chi connectivity index (χ4n) is 1.82. The zero-order chi connectivity index (χ0) is 9.14. The van der Waals surface area contributed by atoms with Crippen molar-refractivity contribution < 1.29 is 4.79 Å². The van der Waals surface area contributed by atoms with Crippen molar-refractivity contribution in [3.05, 3.63) is 0 Å². The van der Waals surface area contributed by atoms with Gasteiger partial charge in [-0.05, 0) is 32.9 Å². The average molecular weight is 170 g/mol. The van der Waals surface area contributed by atoms with Crippen molar-refractivity contribution in [1.82, 2.24) is 4.90 Å². The molecule has 2 atom stereocenters. The summed E-state index contributed by atoms with van der Waals surface area (Å²) in [6.07, 6.45) is 1.68. The average Bonchev–Trinajstić information content (AvgIpc) is 2.34. The van der Waals surface area contributed by atoms with Gasteiger partial charge in [0.15, 0.2) is 0 Å². The molecule has 0 saturated carbocycles. The molecule has 1 fully saturated rings. The molecule has 3 nitrogen and oxygen atoms in total. The highest BCUT2D eigenvalue weighted by Crippen LogP contribution is 2.18. The van der Waals surface area contributed by atoms with E-state index in [1.165, 1.54) is 0 Å². The molecule has 0 radical (unpaired) electrons. The summed E-state index contributed by atoms with van der Waals surface area (Å²) in [7, 11) is 2.10. The molecule has 2 unspecified atom stereocenters. The third kappa shape index (κ3) is 2.57. The van der Waals surface area contributed by atoms with Gasteiger partial charge in [-0.15, -0.1) is 0 Å². The standard InChI is InChI=1S/C9H18N2O/c1-7(12)5-9(10)8-3-4-11(2)6-8/h8-9H,3-6,10H2,1-2H3. The van der Waals surface area contributed by atoms with E-state index in [4.69, 9.17) is 5.73 Å². The number of Topliss-reactive ketones (excluding diaryl/α,β-unsaturated/α-hetero) is 1. The number of ketones is 1. The first kappa shape index (κ1) is 9.68. The molecule has 1 heterocycles. The van der Waals surface area contributed by atoms with Crippen LogP contribution in [0.25, 0.3) is 0 Å². The van der Waals surface area contributed by atoms with Crippen molar-refractivity contribution in [3.63, 3.8) is 0 Å². The zero-order valence-corrected chi connectivity index (χ0v) is 7.92. The van der Waals surface area contributed by atoms with Gasteiger partial charge in [0.1, 0.15) is 5.78 Å². The Bertz CT molecular complexity index is 170. The molecule has 3 heteroatoms. The van der Waals surface area contributed by atoms with Gasteiger partial charge in [0.2, 0.25) is 0 Å². The van der Waals surface area contributed by atoms with Crippen LogP contribution < -0.4 is 5.73 Å². The quantitative estimate of drug-likeness (QED) is 0.660. The number of hydrogen-bond donors (Lipinski definition) is 1.